The molecule has 1 aliphatic heterocycles. The van der Waals surface area contributed by atoms with Crippen molar-refractivity contribution in [2.75, 3.05) is 6.61 Å². The molecule has 0 bridgehead atoms. The first-order valence-corrected chi connectivity index (χ1v) is 8.61. The summed E-state index contributed by atoms with van der Waals surface area (Å²) >= 11 is 1.32. The van der Waals surface area contributed by atoms with Crippen molar-refractivity contribution < 1.29 is 4.74 Å². The Labute approximate surface area is 78.2 Å². The van der Waals surface area contributed by atoms with Gasteiger partial charge in [-0.15, -0.1) is 0 Å². The Kier molecular flexibility index (Phi) is 3.25. The van der Waals surface area contributed by atoms with Crippen LogP contribution in [-0.4, -0.2) is 41.2 Å². The van der Waals surface area contributed by atoms with Gasteiger partial charge in [0, 0.05) is 0 Å². The number of hydrogen-bond donors (Lipinski definition) is 0. The van der Waals surface area contributed by atoms with Crippen molar-refractivity contribution in [1.29, 1.82) is 0 Å². The average Bonchev–Trinajstić information content (AvgIpc) is 1.89. The Bertz CT molecular complexity index is 110. The van der Waals surface area contributed by atoms with Crippen molar-refractivity contribution in [2.24, 2.45) is 0 Å². The molecule has 1 unspecified atom stereocenters. The monoisotopic (exact) mass is 264 g/mol. The minimum absolute atomic E-state index is 0.448. The summed E-state index contributed by atoms with van der Waals surface area (Å²) in [5.74, 6) is 0. The van der Waals surface area contributed by atoms with E-state index >= 15 is 0 Å². The van der Waals surface area contributed by atoms with Gasteiger partial charge in [0.15, 0.2) is 0 Å². The van der Waals surface area contributed by atoms with E-state index in [0.717, 1.165) is 6.61 Å². The van der Waals surface area contributed by atoms with Crippen LogP contribution in [0.2, 0.25) is 13.1 Å². The van der Waals surface area contributed by atoms with E-state index < -0.39 is 8.80 Å². The molecule has 1 rings (SSSR count). The molecule has 0 saturated carbocycles. The molecule has 1 saturated heterocycles. The number of ether oxygens (including phenoxy) is 1. The van der Waals surface area contributed by atoms with Gasteiger partial charge in [0.25, 0.3) is 0 Å². The van der Waals surface area contributed by atoms with Crippen LogP contribution < -0.4 is 0 Å². The Morgan fingerprint density at radius 3 is 2.40 bits per heavy atom. The molecule has 3 heteroatoms. The van der Waals surface area contributed by atoms with Crippen LogP contribution in [0.25, 0.3) is 0 Å². The number of rotatable bonds is 1. The van der Waals surface area contributed by atoms with Crippen LogP contribution in [-0.2, 0) is 4.74 Å². The van der Waals surface area contributed by atoms with Gasteiger partial charge in [-0.2, -0.15) is 0 Å². The topological polar surface area (TPSA) is 9.23 Å². The second kappa shape index (κ2) is 3.58. The van der Waals surface area contributed by atoms with Crippen molar-refractivity contribution in [3.8, 4) is 0 Å². The summed E-state index contributed by atoms with van der Waals surface area (Å²) in [4.78, 5) is 0. The fraction of sp³-hybridized carbons (Fsp3) is 1.00. The first kappa shape index (κ1) is 9.07. The summed E-state index contributed by atoms with van der Waals surface area (Å²) < 4.78 is 6.29. The molecular weight excluding hydrogens is 247 g/mol. The third-order valence-electron chi connectivity index (χ3n) is 2.31. The summed E-state index contributed by atoms with van der Waals surface area (Å²) in [6.45, 7) is 5.86. The van der Waals surface area contributed by atoms with Crippen LogP contribution in [0, 0.1) is 0 Å². The van der Waals surface area contributed by atoms with Crippen LogP contribution >= 0.6 is 0 Å². The van der Waals surface area contributed by atoms with E-state index in [9.17, 15) is 0 Å². The molecule has 0 N–H and O–H groups in total. The fourth-order valence-corrected chi connectivity index (χ4v) is 3.44. The van der Waals surface area contributed by atoms with Gasteiger partial charge in [0.1, 0.15) is 0 Å². The van der Waals surface area contributed by atoms with E-state index in [-0.39, 0.29) is 0 Å². The first-order chi connectivity index (χ1) is 4.65. The summed E-state index contributed by atoms with van der Waals surface area (Å²) in [5, 5.41) is 0. The zero-order chi connectivity index (χ0) is 7.61. The Balaban J connectivity index is 2.48. The molecule has 0 aromatic heterocycles. The van der Waals surface area contributed by atoms with Crippen LogP contribution in [0.5, 0.6) is 0 Å². The molecule has 10 heavy (non-hydrogen) atoms. The first-order valence-electron chi connectivity index (χ1n) is 4.08. The van der Waals surface area contributed by atoms with E-state index in [1.165, 1.54) is 41.8 Å². The molecule has 2 radical (unpaired) electrons. The van der Waals surface area contributed by atoms with Gasteiger partial charge in [-0.25, -0.2) is 0 Å². The van der Waals surface area contributed by atoms with Crippen molar-refractivity contribution in [2.45, 2.75) is 35.6 Å². The van der Waals surface area contributed by atoms with E-state index in [0.29, 0.717) is 3.24 Å². The molecule has 0 spiro atoms. The molecule has 58 valence electrons. The minimum atomic E-state index is -0.531. The third kappa shape index (κ3) is 1.98. The van der Waals surface area contributed by atoms with Gasteiger partial charge < -0.3 is 0 Å². The van der Waals surface area contributed by atoms with E-state index in [1.54, 1.807) is 0 Å². The predicted octanol–water partition coefficient (Wildman–Crippen LogP) is 0.810. The predicted molar refractivity (Wildman–Crippen MR) is 48.6 cm³/mol. The summed E-state index contributed by atoms with van der Waals surface area (Å²) in [5.41, 5.74) is 0. The average molecular weight is 263 g/mol. The Morgan fingerprint density at radius 2 is 2.10 bits per heavy atom. The second-order valence-corrected chi connectivity index (χ2v) is 11.4. The third-order valence-corrected chi connectivity index (χ3v) is 11.7. The SMILES string of the molecule is C[SiH](C)[C]1([SnH])CCCCO1. The molecule has 1 heterocycles. The van der Waals surface area contributed by atoms with Gasteiger partial charge >= 0.3 is 78.3 Å². The molecular formula is C7H16OSiSn. The molecule has 1 aliphatic rings. The van der Waals surface area contributed by atoms with E-state index in [4.69, 9.17) is 4.74 Å². The number of hydrogen-bond acceptors (Lipinski definition) is 1. The Morgan fingerprint density at radius 1 is 1.40 bits per heavy atom. The standard InChI is InChI=1S/C7H15OSi.Sn.H/c1-9(2)7-5-3-4-6-8-7;;/h9H,3-6H2,1-2H3;;. The molecule has 1 atom stereocenters. The van der Waals surface area contributed by atoms with Crippen molar-refractivity contribution in [1.82, 2.24) is 0 Å². The van der Waals surface area contributed by atoms with Gasteiger partial charge in [-0.1, -0.05) is 0 Å². The molecule has 1 nitrogen and oxygen atoms in total. The van der Waals surface area contributed by atoms with E-state index in [2.05, 4.69) is 13.1 Å². The summed E-state index contributed by atoms with van der Waals surface area (Å²) in [6.07, 6.45) is 4.06. The second-order valence-electron chi connectivity index (χ2n) is 3.42. The molecule has 0 aliphatic carbocycles. The molecule has 0 aromatic carbocycles. The maximum absolute atomic E-state index is 5.85. The van der Waals surface area contributed by atoms with E-state index in [1.807, 2.05) is 0 Å². The normalized spacial score (nSPS) is 34.8. The summed E-state index contributed by atoms with van der Waals surface area (Å²) in [7, 11) is -0.531. The van der Waals surface area contributed by atoms with Crippen LogP contribution in [0.4, 0.5) is 0 Å². The van der Waals surface area contributed by atoms with Crippen molar-refractivity contribution in [3.05, 3.63) is 0 Å². The van der Waals surface area contributed by atoms with Gasteiger partial charge in [0.2, 0.25) is 0 Å². The summed E-state index contributed by atoms with van der Waals surface area (Å²) in [6, 6.07) is 0. The van der Waals surface area contributed by atoms with Crippen molar-refractivity contribution >= 4 is 31.3 Å². The van der Waals surface area contributed by atoms with Crippen LogP contribution in [0.1, 0.15) is 19.3 Å². The van der Waals surface area contributed by atoms with Gasteiger partial charge in [0.05, 0.1) is 0 Å². The van der Waals surface area contributed by atoms with Gasteiger partial charge in [-0.3, -0.25) is 0 Å². The molecule has 0 aromatic rings. The zero-order valence-corrected chi connectivity index (χ0v) is 11.3. The van der Waals surface area contributed by atoms with Gasteiger partial charge in [-0.05, 0) is 0 Å². The zero-order valence-electron chi connectivity index (χ0n) is 6.89. The maximum atomic E-state index is 5.85. The molecule has 1 fully saturated rings. The van der Waals surface area contributed by atoms with Crippen LogP contribution in [0.15, 0.2) is 0 Å². The van der Waals surface area contributed by atoms with Crippen LogP contribution in [0.3, 0.4) is 0 Å². The quantitative estimate of drug-likeness (QED) is 0.636. The molecule has 0 amide bonds. The van der Waals surface area contributed by atoms with Crippen molar-refractivity contribution in [3.63, 3.8) is 0 Å². The Hall–Kier alpha value is 0.976. The fourth-order valence-electron chi connectivity index (χ4n) is 1.29.